The molecular weight excluding hydrogens is 246 g/mol. The lowest BCUT2D eigenvalue weighted by atomic mass is 10.1. The second-order valence-electron chi connectivity index (χ2n) is 4.33. The van der Waals surface area contributed by atoms with Crippen LogP contribution in [0.25, 0.3) is 11.1 Å². The molecule has 0 saturated carbocycles. The summed E-state index contributed by atoms with van der Waals surface area (Å²) in [5.41, 5.74) is 4.05. The van der Waals surface area contributed by atoms with E-state index >= 15 is 0 Å². The van der Waals surface area contributed by atoms with Crippen molar-refractivity contribution in [2.45, 2.75) is 13.3 Å². The maximum atomic E-state index is 5.86. The molecule has 0 aliphatic carbocycles. The Kier molecular flexibility index (Phi) is 2.80. The zero-order valence-corrected chi connectivity index (χ0v) is 10.7. The van der Waals surface area contributed by atoms with Crippen molar-refractivity contribution in [3.8, 4) is 0 Å². The van der Waals surface area contributed by atoms with Gasteiger partial charge in [-0.3, -0.25) is 0 Å². The predicted molar refractivity (Wildman–Crippen MR) is 73.0 cm³/mol. The van der Waals surface area contributed by atoms with Crippen molar-refractivity contribution < 1.29 is 4.42 Å². The molecule has 3 heteroatoms. The fraction of sp³-hybridized carbons (Fsp3) is 0.133. The van der Waals surface area contributed by atoms with Crippen molar-refractivity contribution >= 4 is 22.7 Å². The highest BCUT2D eigenvalue weighted by Crippen LogP contribution is 2.21. The maximum Gasteiger partial charge on any atom is 0.199 e. The first kappa shape index (κ1) is 11.3. The standard InChI is InChI=1S/C15H12ClNO/c1-10-3-2-4-13-15(10)18-14(17-13)9-11-5-7-12(16)8-6-11/h2-8H,9H2,1H3. The van der Waals surface area contributed by atoms with E-state index in [1.807, 2.05) is 49.4 Å². The molecule has 0 unspecified atom stereocenters. The largest absolute Gasteiger partial charge is 0.440 e. The Bertz CT molecular complexity index is 685. The minimum Gasteiger partial charge on any atom is -0.440 e. The molecule has 2 nitrogen and oxygen atoms in total. The third-order valence-corrected chi connectivity index (χ3v) is 3.18. The number of rotatable bonds is 2. The molecule has 0 radical (unpaired) electrons. The van der Waals surface area contributed by atoms with Crippen molar-refractivity contribution in [2.24, 2.45) is 0 Å². The van der Waals surface area contributed by atoms with Gasteiger partial charge in [0, 0.05) is 11.4 Å². The normalized spacial score (nSPS) is 11.0. The van der Waals surface area contributed by atoms with E-state index in [0.717, 1.165) is 33.1 Å². The van der Waals surface area contributed by atoms with Crippen LogP contribution in [0.4, 0.5) is 0 Å². The van der Waals surface area contributed by atoms with Gasteiger partial charge >= 0.3 is 0 Å². The molecule has 0 atom stereocenters. The number of halogens is 1. The number of aromatic nitrogens is 1. The molecule has 3 rings (SSSR count). The molecular formula is C15H12ClNO. The number of oxazole rings is 1. The first-order valence-corrected chi connectivity index (χ1v) is 6.19. The summed E-state index contributed by atoms with van der Waals surface area (Å²) in [5.74, 6) is 0.738. The minimum atomic E-state index is 0.686. The van der Waals surface area contributed by atoms with Crippen LogP contribution in [0.2, 0.25) is 5.02 Å². The van der Waals surface area contributed by atoms with Gasteiger partial charge in [-0.25, -0.2) is 4.98 Å². The summed E-state index contributed by atoms with van der Waals surface area (Å²) in [6.45, 7) is 2.03. The van der Waals surface area contributed by atoms with Gasteiger partial charge in [0.1, 0.15) is 5.52 Å². The quantitative estimate of drug-likeness (QED) is 0.681. The third kappa shape index (κ3) is 2.12. The average molecular weight is 258 g/mol. The highest BCUT2D eigenvalue weighted by atomic mass is 35.5. The molecule has 90 valence electrons. The van der Waals surface area contributed by atoms with Gasteiger partial charge in [0.25, 0.3) is 0 Å². The molecule has 0 N–H and O–H groups in total. The Labute approximate surface area is 110 Å². The van der Waals surface area contributed by atoms with E-state index in [4.69, 9.17) is 16.0 Å². The second-order valence-corrected chi connectivity index (χ2v) is 4.77. The summed E-state index contributed by atoms with van der Waals surface area (Å²) < 4.78 is 5.79. The SMILES string of the molecule is Cc1cccc2nc(Cc3ccc(Cl)cc3)oc12. The van der Waals surface area contributed by atoms with Crippen molar-refractivity contribution in [3.63, 3.8) is 0 Å². The maximum absolute atomic E-state index is 5.86. The summed E-state index contributed by atoms with van der Waals surface area (Å²) in [6.07, 6.45) is 0.686. The lowest BCUT2D eigenvalue weighted by Crippen LogP contribution is -1.87. The van der Waals surface area contributed by atoms with E-state index in [1.165, 1.54) is 0 Å². The molecule has 1 aromatic heterocycles. The first-order chi connectivity index (χ1) is 8.72. The monoisotopic (exact) mass is 257 g/mol. The van der Waals surface area contributed by atoms with Crippen LogP contribution >= 0.6 is 11.6 Å². The molecule has 0 aliphatic rings. The second kappa shape index (κ2) is 4.46. The van der Waals surface area contributed by atoms with E-state index in [9.17, 15) is 0 Å². The molecule has 18 heavy (non-hydrogen) atoms. The van der Waals surface area contributed by atoms with Crippen LogP contribution in [0.1, 0.15) is 17.0 Å². The molecule has 0 saturated heterocycles. The van der Waals surface area contributed by atoms with Crippen molar-refractivity contribution in [2.75, 3.05) is 0 Å². The zero-order chi connectivity index (χ0) is 12.5. The van der Waals surface area contributed by atoms with E-state index < -0.39 is 0 Å². The van der Waals surface area contributed by atoms with Gasteiger partial charge in [-0.2, -0.15) is 0 Å². The summed E-state index contributed by atoms with van der Waals surface area (Å²) in [5, 5.41) is 0.743. The summed E-state index contributed by atoms with van der Waals surface area (Å²) >= 11 is 5.86. The Hall–Kier alpha value is -1.80. The van der Waals surface area contributed by atoms with E-state index in [1.54, 1.807) is 0 Å². The number of hydrogen-bond donors (Lipinski definition) is 0. The topological polar surface area (TPSA) is 26.0 Å². The number of fused-ring (bicyclic) bond motifs is 1. The summed E-state index contributed by atoms with van der Waals surface area (Å²) in [4.78, 5) is 4.49. The number of hydrogen-bond acceptors (Lipinski definition) is 2. The van der Waals surface area contributed by atoms with Gasteiger partial charge < -0.3 is 4.42 Å². The van der Waals surface area contributed by atoms with Gasteiger partial charge in [-0.05, 0) is 36.2 Å². The van der Waals surface area contributed by atoms with Crippen LogP contribution < -0.4 is 0 Å². The third-order valence-electron chi connectivity index (χ3n) is 2.92. The van der Waals surface area contributed by atoms with Gasteiger partial charge in [-0.15, -0.1) is 0 Å². The van der Waals surface area contributed by atoms with E-state index in [-0.39, 0.29) is 0 Å². The molecule has 1 heterocycles. The van der Waals surface area contributed by atoms with Gasteiger partial charge in [-0.1, -0.05) is 35.9 Å². The van der Waals surface area contributed by atoms with Crippen LogP contribution in [0, 0.1) is 6.92 Å². The molecule has 0 fully saturated rings. The van der Waals surface area contributed by atoms with Crippen molar-refractivity contribution in [1.29, 1.82) is 0 Å². The molecule has 0 amide bonds. The van der Waals surface area contributed by atoms with Crippen LogP contribution in [-0.4, -0.2) is 4.98 Å². The fourth-order valence-corrected chi connectivity index (χ4v) is 2.11. The van der Waals surface area contributed by atoms with Crippen molar-refractivity contribution in [1.82, 2.24) is 4.98 Å². The lowest BCUT2D eigenvalue weighted by molar-refractivity contribution is 0.542. The van der Waals surface area contributed by atoms with Gasteiger partial charge in [0.05, 0.1) is 0 Å². The highest BCUT2D eigenvalue weighted by Gasteiger charge is 2.08. The van der Waals surface area contributed by atoms with Gasteiger partial charge in [0.2, 0.25) is 0 Å². The number of aryl methyl sites for hydroxylation is 1. The number of para-hydroxylation sites is 1. The molecule has 0 aliphatic heterocycles. The smallest absolute Gasteiger partial charge is 0.199 e. The Balaban J connectivity index is 1.95. The molecule has 2 aromatic carbocycles. The lowest BCUT2D eigenvalue weighted by Gasteiger charge is -1.97. The summed E-state index contributed by atoms with van der Waals surface area (Å²) in [7, 11) is 0. The van der Waals surface area contributed by atoms with Crippen LogP contribution in [0.15, 0.2) is 46.9 Å². The van der Waals surface area contributed by atoms with Gasteiger partial charge in [0.15, 0.2) is 11.5 Å². The fourth-order valence-electron chi connectivity index (χ4n) is 1.99. The van der Waals surface area contributed by atoms with E-state index in [2.05, 4.69) is 4.98 Å². The van der Waals surface area contributed by atoms with Crippen LogP contribution in [0.5, 0.6) is 0 Å². The highest BCUT2D eigenvalue weighted by molar-refractivity contribution is 6.30. The first-order valence-electron chi connectivity index (χ1n) is 5.82. The number of benzene rings is 2. The Morgan fingerprint density at radius 2 is 1.89 bits per heavy atom. The molecule has 0 spiro atoms. The molecule has 3 aromatic rings. The van der Waals surface area contributed by atoms with Crippen LogP contribution in [-0.2, 0) is 6.42 Å². The Morgan fingerprint density at radius 3 is 2.61 bits per heavy atom. The Morgan fingerprint density at radius 1 is 1.11 bits per heavy atom. The van der Waals surface area contributed by atoms with Crippen LogP contribution in [0.3, 0.4) is 0 Å². The number of nitrogens with zero attached hydrogens (tertiary/aromatic N) is 1. The summed E-state index contributed by atoms with van der Waals surface area (Å²) in [6, 6.07) is 13.7. The van der Waals surface area contributed by atoms with E-state index in [0.29, 0.717) is 6.42 Å². The molecule has 0 bridgehead atoms. The average Bonchev–Trinajstić information content (AvgIpc) is 2.76. The predicted octanol–water partition coefficient (Wildman–Crippen LogP) is 4.38. The zero-order valence-electron chi connectivity index (χ0n) is 9.98. The van der Waals surface area contributed by atoms with Crippen molar-refractivity contribution in [3.05, 3.63) is 64.5 Å². The minimum absolute atomic E-state index is 0.686.